The Morgan fingerprint density at radius 1 is 1.08 bits per heavy atom. The average molecular weight is 521 g/mol. The van der Waals surface area contributed by atoms with Crippen LogP contribution in [0.3, 0.4) is 0 Å². The van der Waals surface area contributed by atoms with Crippen molar-refractivity contribution < 1.29 is 32.3 Å². The Bertz CT molecular complexity index is 1180. The maximum Gasteiger partial charge on any atom is 0.416 e. The maximum absolute atomic E-state index is 13.6. The van der Waals surface area contributed by atoms with Gasteiger partial charge in [0.15, 0.2) is 5.66 Å². The number of amides is 3. The highest BCUT2D eigenvalue weighted by molar-refractivity contribution is 6.02. The van der Waals surface area contributed by atoms with Crippen LogP contribution in [0.15, 0.2) is 36.4 Å². The number of hydrogen-bond donors (Lipinski definition) is 3. The molecule has 1 saturated heterocycles. The Balaban J connectivity index is 1.84. The smallest absolute Gasteiger partial charge is 0.379 e. The number of hydrogen-bond acceptors (Lipinski definition) is 6. The third-order valence-electron chi connectivity index (χ3n) is 6.54. The first kappa shape index (κ1) is 28.3. The summed E-state index contributed by atoms with van der Waals surface area (Å²) in [5.41, 5.74) is 4.79. The molecule has 4 N–H and O–H groups in total. The first-order valence-corrected chi connectivity index (χ1v) is 11.8. The molecule has 1 aliphatic rings. The summed E-state index contributed by atoms with van der Waals surface area (Å²) in [7, 11) is 0. The van der Waals surface area contributed by atoms with E-state index in [1.165, 1.54) is 0 Å². The molecule has 0 aromatic heterocycles. The number of carbonyl (C=O) groups excluding carboxylic acids is 3. The minimum Gasteiger partial charge on any atom is -0.379 e. The van der Waals surface area contributed by atoms with E-state index in [9.17, 15) is 27.6 Å². The van der Waals surface area contributed by atoms with E-state index in [-0.39, 0.29) is 0 Å². The average Bonchev–Trinajstić information content (AvgIpc) is 2.83. The van der Waals surface area contributed by atoms with Crippen LogP contribution in [0.4, 0.5) is 13.2 Å². The molecule has 1 atom stereocenters. The number of alkyl halides is 3. The van der Waals surface area contributed by atoms with Gasteiger partial charge >= 0.3 is 6.18 Å². The molecule has 0 bridgehead atoms. The van der Waals surface area contributed by atoms with Crippen molar-refractivity contribution in [3.8, 4) is 0 Å². The predicted octanol–water partition coefficient (Wildman–Crippen LogP) is 2.44. The van der Waals surface area contributed by atoms with Crippen molar-refractivity contribution in [2.75, 3.05) is 26.3 Å². The number of carbonyl (C=O) groups is 3. The standard InChI is InChI=1S/C26H31F3N4O4/c1-16-7-8-18(17(2)13-16)15-31-25(3,33-9-11-37-12-10-33)24(36)32-22(34)14-20-19(23(30)35)5-4-6-21(20)26(27,28)29/h4-8,13,31H,9-12,14-15H2,1-3H3,(H2,30,35)(H,32,34,36)/t25-/m0/s1. The monoisotopic (exact) mass is 520 g/mol. The molecule has 0 radical (unpaired) electrons. The summed E-state index contributed by atoms with van der Waals surface area (Å²) < 4.78 is 46.1. The lowest BCUT2D eigenvalue weighted by Gasteiger charge is -2.42. The third kappa shape index (κ3) is 6.73. The number of primary amides is 1. The Morgan fingerprint density at radius 3 is 2.35 bits per heavy atom. The van der Waals surface area contributed by atoms with E-state index in [1.807, 2.05) is 36.9 Å². The maximum atomic E-state index is 13.6. The Morgan fingerprint density at radius 2 is 1.76 bits per heavy atom. The summed E-state index contributed by atoms with van der Waals surface area (Å²) in [5, 5.41) is 5.46. The van der Waals surface area contributed by atoms with E-state index in [2.05, 4.69) is 10.6 Å². The van der Waals surface area contributed by atoms with Crippen molar-refractivity contribution in [2.45, 2.75) is 45.6 Å². The van der Waals surface area contributed by atoms with Crippen molar-refractivity contribution in [1.29, 1.82) is 0 Å². The first-order valence-electron chi connectivity index (χ1n) is 11.8. The van der Waals surface area contributed by atoms with E-state index >= 15 is 0 Å². The zero-order valence-corrected chi connectivity index (χ0v) is 21.0. The van der Waals surface area contributed by atoms with Crippen molar-refractivity contribution in [3.05, 3.63) is 69.8 Å². The highest BCUT2D eigenvalue weighted by Gasteiger charge is 2.41. The SMILES string of the molecule is Cc1ccc(CN[C@](C)(C(=O)NC(=O)Cc2c(C(N)=O)cccc2C(F)(F)F)N2CCOCC2)c(C)c1. The minimum absolute atomic E-state index is 0.310. The molecule has 1 heterocycles. The van der Waals surface area contributed by atoms with Gasteiger partial charge in [-0.3, -0.25) is 29.9 Å². The van der Waals surface area contributed by atoms with Gasteiger partial charge in [-0.1, -0.05) is 29.8 Å². The zero-order chi connectivity index (χ0) is 27.4. The first-order chi connectivity index (χ1) is 17.3. The van der Waals surface area contributed by atoms with Gasteiger partial charge in [-0.2, -0.15) is 13.2 Å². The molecule has 2 aromatic carbocycles. The van der Waals surface area contributed by atoms with Crippen LogP contribution < -0.4 is 16.4 Å². The second kappa shape index (κ2) is 11.4. The molecule has 11 heteroatoms. The van der Waals surface area contributed by atoms with E-state index in [1.54, 1.807) is 6.92 Å². The Kier molecular flexibility index (Phi) is 8.72. The van der Waals surface area contributed by atoms with E-state index in [0.29, 0.717) is 32.8 Å². The molecule has 0 spiro atoms. The number of morpholine rings is 1. The molecular weight excluding hydrogens is 489 g/mol. The summed E-state index contributed by atoms with van der Waals surface area (Å²) in [6.45, 7) is 7.41. The molecule has 1 fully saturated rings. The second-order valence-electron chi connectivity index (χ2n) is 9.20. The molecule has 0 saturated carbocycles. The van der Waals surface area contributed by atoms with Gasteiger partial charge in [-0.05, 0) is 49.6 Å². The van der Waals surface area contributed by atoms with E-state index < -0.39 is 52.7 Å². The lowest BCUT2D eigenvalue weighted by Crippen LogP contribution is -2.67. The molecule has 0 aliphatic carbocycles. The zero-order valence-electron chi connectivity index (χ0n) is 21.0. The van der Waals surface area contributed by atoms with Crippen molar-refractivity contribution in [1.82, 2.24) is 15.5 Å². The van der Waals surface area contributed by atoms with Crippen LogP contribution in [0.25, 0.3) is 0 Å². The van der Waals surface area contributed by atoms with Crippen LogP contribution in [0, 0.1) is 13.8 Å². The Labute approximate surface area is 213 Å². The summed E-state index contributed by atoms with van der Waals surface area (Å²) >= 11 is 0. The van der Waals surface area contributed by atoms with Crippen LogP contribution >= 0.6 is 0 Å². The molecule has 1 aliphatic heterocycles. The van der Waals surface area contributed by atoms with Gasteiger partial charge < -0.3 is 10.5 Å². The van der Waals surface area contributed by atoms with Crippen LogP contribution in [0.5, 0.6) is 0 Å². The van der Waals surface area contributed by atoms with Gasteiger partial charge in [-0.15, -0.1) is 0 Å². The quantitative estimate of drug-likeness (QED) is 0.493. The van der Waals surface area contributed by atoms with Gasteiger partial charge in [0.2, 0.25) is 11.8 Å². The Hall–Kier alpha value is -3.28. The molecule has 200 valence electrons. The summed E-state index contributed by atoms with van der Waals surface area (Å²) in [6.07, 6.45) is -5.67. The number of nitrogens with one attached hydrogen (secondary N) is 2. The fourth-order valence-corrected chi connectivity index (χ4v) is 4.38. The number of nitrogens with zero attached hydrogens (tertiary/aromatic N) is 1. The van der Waals surface area contributed by atoms with Crippen molar-refractivity contribution in [3.63, 3.8) is 0 Å². The topological polar surface area (TPSA) is 114 Å². The molecule has 3 rings (SSSR count). The highest BCUT2D eigenvalue weighted by atomic mass is 19.4. The van der Waals surface area contributed by atoms with Gasteiger partial charge in [0.25, 0.3) is 5.91 Å². The summed E-state index contributed by atoms with van der Waals surface area (Å²) in [6, 6.07) is 8.84. The summed E-state index contributed by atoms with van der Waals surface area (Å²) in [5.74, 6) is -2.82. The fourth-order valence-electron chi connectivity index (χ4n) is 4.38. The van der Waals surface area contributed by atoms with Gasteiger partial charge in [0, 0.05) is 25.2 Å². The molecule has 37 heavy (non-hydrogen) atoms. The highest BCUT2D eigenvalue weighted by Crippen LogP contribution is 2.33. The summed E-state index contributed by atoms with van der Waals surface area (Å²) in [4.78, 5) is 39.9. The third-order valence-corrected chi connectivity index (χ3v) is 6.54. The normalized spacial score (nSPS) is 16.2. The van der Waals surface area contributed by atoms with Crippen molar-refractivity contribution in [2.24, 2.45) is 5.73 Å². The van der Waals surface area contributed by atoms with Gasteiger partial charge in [-0.25, -0.2) is 0 Å². The van der Waals surface area contributed by atoms with Crippen molar-refractivity contribution >= 4 is 17.7 Å². The number of rotatable bonds is 8. The number of nitrogens with two attached hydrogens (primary N) is 1. The van der Waals surface area contributed by atoms with Gasteiger partial charge in [0.05, 0.1) is 25.2 Å². The minimum atomic E-state index is -4.82. The van der Waals surface area contributed by atoms with E-state index in [4.69, 9.17) is 10.5 Å². The van der Waals surface area contributed by atoms with Crippen LogP contribution in [-0.4, -0.2) is 54.6 Å². The fraction of sp³-hybridized carbons (Fsp3) is 0.423. The predicted molar refractivity (Wildman–Crippen MR) is 130 cm³/mol. The lowest BCUT2D eigenvalue weighted by molar-refractivity contribution is -0.143. The number of halogens is 3. The number of imide groups is 1. The lowest BCUT2D eigenvalue weighted by atomic mass is 9.96. The van der Waals surface area contributed by atoms with Crippen LogP contribution in [0.2, 0.25) is 0 Å². The molecule has 8 nitrogen and oxygen atoms in total. The molecular formula is C26H31F3N4O4. The van der Waals surface area contributed by atoms with Gasteiger partial charge in [0.1, 0.15) is 0 Å². The molecule has 0 unspecified atom stereocenters. The molecule has 3 amide bonds. The van der Waals surface area contributed by atoms with Crippen LogP contribution in [0.1, 0.15) is 45.1 Å². The van der Waals surface area contributed by atoms with Crippen LogP contribution in [-0.2, 0) is 33.5 Å². The number of ether oxygens (including phenoxy) is 1. The molecule has 2 aromatic rings. The number of aryl methyl sites for hydroxylation is 2. The van der Waals surface area contributed by atoms with E-state index in [0.717, 1.165) is 34.9 Å². The largest absolute Gasteiger partial charge is 0.416 e. The number of benzene rings is 2. The second-order valence-corrected chi connectivity index (χ2v) is 9.20.